The van der Waals surface area contributed by atoms with Gasteiger partial charge >= 0.3 is 5.97 Å². The Balaban J connectivity index is 1.90. The van der Waals surface area contributed by atoms with Crippen molar-refractivity contribution in [1.29, 1.82) is 0 Å². The van der Waals surface area contributed by atoms with Gasteiger partial charge in [0.2, 0.25) is 0 Å². The minimum Gasteiger partial charge on any atom is -0.462 e. The standard InChI is InChI=1S/C21H22N2O5/c1-4-26-12-15-7-9-19(28-15)20(24)23-18-10-13(3)22-17-8-6-14(11-16(17)18)21(25)27-5-2/h6-11H,4-5,12H2,1-3H3,(H,22,23,24). The highest BCUT2D eigenvalue weighted by Gasteiger charge is 2.15. The zero-order chi connectivity index (χ0) is 20.1. The highest BCUT2D eigenvalue weighted by molar-refractivity contribution is 6.08. The number of furan rings is 1. The number of anilines is 1. The van der Waals surface area contributed by atoms with Crippen molar-refractivity contribution < 1.29 is 23.5 Å². The number of ether oxygens (including phenoxy) is 2. The summed E-state index contributed by atoms with van der Waals surface area (Å²) < 4.78 is 15.9. The normalized spacial score (nSPS) is 10.8. The average molecular weight is 382 g/mol. The van der Waals surface area contributed by atoms with Crippen molar-refractivity contribution in [2.24, 2.45) is 0 Å². The number of hydrogen-bond donors (Lipinski definition) is 1. The molecule has 0 spiro atoms. The third-order valence-corrected chi connectivity index (χ3v) is 4.03. The largest absolute Gasteiger partial charge is 0.462 e. The predicted molar refractivity (Wildman–Crippen MR) is 104 cm³/mol. The summed E-state index contributed by atoms with van der Waals surface area (Å²) in [5.41, 5.74) is 2.34. The molecule has 0 saturated carbocycles. The zero-order valence-electron chi connectivity index (χ0n) is 16.1. The van der Waals surface area contributed by atoms with Crippen LogP contribution < -0.4 is 5.32 Å². The van der Waals surface area contributed by atoms with Crippen LogP contribution in [0.4, 0.5) is 5.69 Å². The molecule has 1 N–H and O–H groups in total. The van der Waals surface area contributed by atoms with Crippen molar-refractivity contribution in [2.75, 3.05) is 18.5 Å². The van der Waals surface area contributed by atoms with E-state index in [-0.39, 0.29) is 12.4 Å². The van der Waals surface area contributed by atoms with Gasteiger partial charge in [0.15, 0.2) is 5.76 Å². The molecule has 0 aliphatic heterocycles. The van der Waals surface area contributed by atoms with Gasteiger partial charge in [-0.1, -0.05) is 0 Å². The Hall–Kier alpha value is -3.19. The predicted octanol–water partition coefficient (Wildman–Crippen LogP) is 4.10. The molecule has 146 valence electrons. The monoisotopic (exact) mass is 382 g/mol. The van der Waals surface area contributed by atoms with Crippen LogP contribution >= 0.6 is 0 Å². The summed E-state index contributed by atoms with van der Waals surface area (Å²) in [4.78, 5) is 29.1. The second-order valence-electron chi connectivity index (χ2n) is 6.12. The Morgan fingerprint density at radius 1 is 1.11 bits per heavy atom. The van der Waals surface area contributed by atoms with Gasteiger partial charge in [-0.2, -0.15) is 0 Å². The second kappa shape index (κ2) is 8.67. The molecule has 2 aromatic heterocycles. The lowest BCUT2D eigenvalue weighted by atomic mass is 10.1. The highest BCUT2D eigenvalue weighted by Crippen LogP contribution is 2.26. The molecule has 0 fully saturated rings. The van der Waals surface area contributed by atoms with Gasteiger partial charge in [-0.15, -0.1) is 0 Å². The molecule has 0 unspecified atom stereocenters. The number of nitrogens with zero attached hydrogens (tertiary/aromatic N) is 1. The van der Waals surface area contributed by atoms with Gasteiger partial charge in [0, 0.05) is 17.7 Å². The van der Waals surface area contributed by atoms with Crippen LogP contribution in [0.5, 0.6) is 0 Å². The number of fused-ring (bicyclic) bond motifs is 1. The first-order valence-corrected chi connectivity index (χ1v) is 9.08. The topological polar surface area (TPSA) is 90.7 Å². The molecule has 3 aromatic rings. The minimum atomic E-state index is -0.422. The molecule has 0 atom stereocenters. The van der Waals surface area contributed by atoms with E-state index in [0.29, 0.717) is 41.1 Å². The lowest BCUT2D eigenvalue weighted by Crippen LogP contribution is -2.12. The van der Waals surface area contributed by atoms with Gasteiger partial charge in [0.25, 0.3) is 5.91 Å². The fraction of sp³-hybridized carbons (Fsp3) is 0.286. The van der Waals surface area contributed by atoms with Crippen molar-refractivity contribution in [3.05, 3.63) is 59.2 Å². The molecule has 2 heterocycles. The second-order valence-corrected chi connectivity index (χ2v) is 6.12. The number of rotatable bonds is 7. The average Bonchev–Trinajstić information content (AvgIpc) is 3.15. The van der Waals surface area contributed by atoms with Crippen molar-refractivity contribution in [2.45, 2.75) is 27.4 Å². The Morgan fingerprint density at radius 3 is 2.68 bits per heavy atom. The van der Waals surface area contributed by atoms with E-state index < -0.39 is 11.9 Å². The van der Waals surface area contributed by atoms with E-state index >= 15 is 0 Å². The van der Waals surface area contributed by atoms with E-state index in [4.69, 9.17) is 13.9 Å². The van der Waals surface area contributed by atoms with Crippen LogP contribution in [0, 0.1) is 6.92 Å². The highest BCUT2D eigenvalue weighted by atomic mass is 16.5. The fourth-order valence-corrected chi connectivity index (χ4v) is 2.77. The van der Waals surface area contributed by atoms with Gasteiger partial charge in [0.1, 0.15) is 12.4 Å². The number of pyridine rings is 1. The molecular formula is C21H22N2O5. The quantitative estimate of drug-likeness (QED) is 0.619. The summed E-state index contributed by atoms with van der Waals surface area (Å²) >= 11 is 0. The molecular weight excluding hydrogens is 360 g/mol. The number of esters is 1. The lowest BCUT2D eigenvalue weighted by molar-refractivity contribution is 0.0526. The van der Waals surface area contributed by atoms with Crippen LogP contribution in [0.25, 0.3) is 10.9 Å². The number of benzene rings is 1. The van der Waals surface area contributed by atoms with Crippen LogP contribution in [0.1, 0.15) is 46.2 Å². The van der Waals surface area contributed by atoms with Crippen LogP contribution in [0.15, 0.2) is 40.8 Å². The number of amides is 1. The zero-order valence-corrected chi connectivity index (χ0v) is 16.1. The molecule has 3 rings (SSSR count). The van der Waals surface area contributed by atoms with E-state index in [9.17, 15) is 9.59 Å². The number of nitrogens with one attached hydrogen (secondary N) is 1. The maximum absolute atomic E-state index is 12.6. The van der Waals surface area contributed by atoms with Gasteiger partial charge in [-0.25, -0.2) is 4.79 Å². The third kappa shape index (κ3) is 4.37. The fourth-order valence-electron chi connectivity index (χ4n) is 2.77. The minimum absolute atomic E-state index is 0.180. The van der Waals surface area contributed by atoms with Gasteiger partial charge < -0.3 is 19.2 Å². The van der Waals surface area contributed by atoms with E-state index in [1.807, 2.05) is 13.8 Å². The van der Waals surface area contributed by atoms with E-state index in [1.54, 1.807) is 43.3 Å². The number of aromatic nitrogens is 1. The Labute approximate surface area is 162 Å². The molecule has 0 bridgehead atoms. The van der Waals surface area contributed by atoms with Gasteiger partial charge in [-0.3, -0.25) is 9.78 Å². The SMILES string of the molecule is CCOCc1ccc(C(=O)Nc2cc(C)nc3ccc(C(=O)OCC)cc23)o1. The summed E-state index contributed by atoms with van der Waals surface area (Å²) in [7, 11) is 0. The molecule has 0 saturated heterocycles. The van der Waals surface area contributed by atoms with E-state index in [0.717, 1.165) is 5.69 Å². The molecule has 28 heavy (non-hydrogen) atoms. The first kappa shape index (κ1) is 19.6. The molecule has 0 radical (unpaired) electrons. The maximum atomic E-state index is 12.6. The van der Waals surface area contributed by atoms with Gasteiger partial charge in [-0.05, 0) is 57.2 Å². The molecule has 7 nitrogen and oxygen atoms in total. The van der Waals surface area contributed by atoms with Crippen LogP contribution in [0.2, 0.25) is 0 Å². The molecule has 1 amide bonds. The molecule has 0 aliphatic rings. The summed E-state index contributed by atoms with van der Waals surface area (Å²) in [6.45, 7) is 6.63. The van der Waals surface area contributed by atoms with Crippen LogP contribution in [-0.2, 0) is 16.1 Å². The summed E-state index contributed by atoms with van der Waals surface area (Å²) in [6, 6.07) is 10.1. The van der Waals surface area contributed by atoms with E-state index in [2.05, 4.69) is 10.3 Å². The first-order valence-electron chi connectivity index (χ1n) is 9.08. The summed E-state index contributed by atoms with van der Waals surface area (Å²) in [5, 5.41) is 3.49. The molecule has 7 heteroatoms. The Morgan fingerprint density at radius 2 is 1.93 bits per heavy atom. The van der Waals surface area contributed by atoms with E-state index in [1.165, 1.54) is 0 Å². The Bertz CT molecular complexity index is 1010. The van der Waals surface area contributed by atoms with Crippen molar-refractivity contribution in [3.63, 3.8) is 0 Å². The van der Waals surface area contributed by atoms with Crippen molar-refractivity contribution in [1.82, 2.24) is 4.98 Å². The summed E-state index contributed by atoms with van der Waals surface area (Å²) in [6.07, 6.45) is 0. The molecule has 0 aliphatic carbocycles. The Kier molecular flexibility index (Phi) is 6.06. The maximum Gasteiger partial charge on any atom is 0.338 e. The van der Waals surface area contributed by atoms with Crippen LogP contribution in [-0.4, -0.2) is 30.1 Å². The first-order chi connectivity index (χ1) is 13.5. The molecule has 1 aromatic carbocycles. The van der Waals surface area contributed by atoms with Crippen LogP contribution in [0.3, 0.4) is 0 Å². The number of carbonyl (C=O) groups excluding carboxylic acids is 2. The van der Waals surface area contributed by atoms with Gasteiger partial charge in [0.05, 0.1) is 23.4 Å². The third-order valence-electron chi connectivity index (χ3n) is 4.03. The van der Waals surface area contributed by atoms with Crippen molar-refractivity contribution >= 4 is 28.5 Å². The smallest absolute Gasteiger partial charge is 0.338 e. The number of hydrogen-bond acceptors (Lipinski definition) is 6. The summed E-state index contributed by atoms with van der Waals surface area (Å²) in [5.74, 6) is -0.0590. The number of carbonyl (C=O) groups is 2. The number of aryl methyl sites for hydroxylation is 1. The lowest BCUT2D eigenvalue weighted by Gasteiger charge is -2.10. The van der Waals surface area contributed by atoms with Crippen molar-refractivity contribution in [3.8, 4) is 0 Å².